The van der Waals surface area contributed by atoms with E-state index < -0.39 is 29.1 Å². The van der Waals surface area contributed by atoms with Crippen LogP contribution >= 0.6 is 0 Å². The third kappa shape index (κ3) is 4.11. The van der Waals surface area contributed by atoms with Crippen LogP contribution in [0.5, 0.6) is 0 Å². The van der Waals surface area contributed by atoms with Crippen molar-refractivity contribution in [2.45, 2.75) is 70.8 Å². The number of carbonyl (C=O) groups excluding carboxylic acids is 1. The predicted octanol–water partition coefficient (Wildman–Crippen LogP) is 3.31. The van der Waals surface area contributed by atoms with Crippen LogP contribution in [0.3, 0.4) is 0 Å². The average Bonchev–Trinajstić information content (AvgIpc) is 3.04. The Morgan fingerprint density at radius 2 is 1.79 bits per heavy atom. The molecule has 0 aromatic heterocycles. The van der Waals surface area contributed by atoms with Gasteiger partial charge in [-0.15, -0.1) is 0 Å². The minimum Gasteiger partial charge on any atom is -0.388 e. The topological polar surface area (TPSA) is 89.8 Å². The van der Waals surface area contributed by atoms with Crippen molar-refractivity contribution in [2.75, 3.05) is 0 Å². The van der Waals surface area contributed by atoms with Gasteiger partial charge in [0.15, 0.2) is 0 Å². The molecule has 1 saturated heterocycles. The molecule has 8 atom stereocenters. The highest BCUT2D eigenvalue weighted by Crippen LogP contribution is 2.56. The summed E-state index contributed by atoms with van der Waals surface area (Å²) in [4.78, 5) is 13.8. The van der Waals surface area contributed by atoms with Crippen molar-refractivity contribution < 1.29 is 20.1 Å². The minimum absolute atomic E-state index is 0.203. The highest BCUT2D eigenvalue weighted by molar-refractivity contribution is 5.89. The Labute approximate surface area is 196 Å². The Hall–Kier alpha value is -2.21. The van der Waals surface area contributed by atoms with Gasteiger partial charge in [0.2, 0.25) is 5.91 Å². The number of benzene rings is 1. The molecule has 4 N–H and O–H groups in total. The molecule has 1 aliphatic heterocycles. The molecule has 0 radical (unpaired) electrons. The normalized spacial score (nSPS) is 43.2. The van der Waals surface area contributed by atoms with Gasteiger partial charge in [-0.05, 0) is 57.1 Å². The summed E-state index contributed by atoms with van der Waals surface area (Å²) in [5.74, 6) is -0.879. The SMILES string of the molecule is CC1=C(C)C2C(Cc3ccccc3)NC(=O)C23C(O)/C=C\C(C)(O)CC(C)C/C=C\C3C1O. The lowest BCUT2D eigenvalue weighted by Gasteiger charge is -2.49. The molecule has 2 aliphatic carbocycles. The van der Waals surface area contributed by atoms with Crippen molar-refractivity contribution in [2.24, 2.45) is 23.2 Å². The lowest BCUT2D eigenvalue weighted by molar-refractivity contribution is -0.141. The van der Waals surface area contributed by atoms with Crippen LogP contribution in [-0.2, 0) is 11.2 Å². The third-order valence-electron chi connectivity index (χ3n) is 8.12. The zero-order chi connectivity index (χ0) is 24.0. The van der Waals surface area contributed by atoms with Gasteiger partial charge in [-0.25, -0.2) is 0 Å². The average molecular weight is 452 g/mol. The monoisotopic (exact) mass is 451 g/mol. The minimum atomic E-state index is -1.25. The van der Waals surface area contributed by atoms with Crippen LogP contribution in [-0.4, -0.2) is 45.1 Å². The van der Waals surface area contributed by atoms with Gasteiger partial charge in [-0.1, -0.05) is 67.1 Å². The first-order valence-electron chi connectivity index (χ1n) is 12.0. The summed E-state index contributed by atoms with van der Waals surface area (Å²) in [6.07, 6.45) is 7.05. The fourth-order valence-corrected chi connectivity index (χ4v) is 6.47. The van der Waals surface area contributed by atoms with Crippen LogP contribution in [0.1, 0.15) is 46.1 Å². The van der Waals surface area contributed by atoms with Gasteiger partial charge in [-0.2, -0.15) is 0 Å². The lowest BCUT2D eigenvalue weighted by atomic mass is 9.54. The standard InChI is InChI=1S/C28H37NO4/c1-17-9-8-12-21-25(31)19(3)18(2)24-22(15-20-10-6-5-7-11-20)29-26(32)28(21,24)23(30)13-14-27(4,33)16-17/h5-8,10-14,17,21-25,30-31,33H,9,15-16H2,1-4H3,(H,29,32)/b12-8-,14-13-. The zero-order valence-electron chi connectivity index (χ0n) is 20.0. The first-order valence-corrected chi connectivity index (χ1v) is 12.0. The Kier molecular flexibility index (Phi) is 6.43. The summed E-state index contributed by atoms with van der Waals surface area (Å²) in [5, 5.41) is 37.0. The highest BCUT2D eigenvalue weighted by Gasteiger charge is 2.65. The highest BCUT2D eigenvalue weighted by atomic mass is 16.3. The molecule has 4 rings (SSSR count). The number of nitrogens with one attached hydrogen (secondary N) is 1. The number of aliphatic hydroxyl groups is 3. The van der Waals surface area contributed by atoms with E-state index in [1.807, 2.05) is 56.3 Å². The molecular formula is C28H37NO4. The van der Waals surface area contributed by atoms with Crippen molar-refractivity contribution in [1.82, 2.24) is 5.32 Å². The number of aliphatic hydroxyl groups excluding tert-OH is 2. The third-order valence-corrected chi connectivity index (χ3v) is 8.12. The molecule has 1 aromatic carbocycles. The lowest BCUT2D eigenvalue weighted by Crippen LogP contribution is -2.57. The summed E-state index contributed by atoms with van der Waals surface area (Å²) in [7, 11) is 0. The fraction of sp³-hybridized carbons (Fsp3) is 0.536. The molecule has 5 heteroatoms. The van der Waals surface area contributed by atoms with E-state index in [4.69, 9.17) is 0 Å². The second-order valence-corrected chi connectivity index (χ2v) is 10.7. The molecule has 8 unspecified atom stereocenters. The van der Waals surface area contributed by atoms with E-state index in [2.05, 4.69) is 12.2 Å². The molecule has 0 saturated carbocycles. The van der Waals surface area contributed by atoms with Crippen LogP contribution in [0.2, 0.25) is 0 Å². The van der Waals surface area contributed by atoms with Crippen LogP contribution in [0.25, 0.3) is 0 Å². The molecule has 33 heavy (non-hydrogen) atoms. The van der Waals surface area contributed by atoms with Crippen molar-refractivity contribution in [1.29, 1.82) is 0 Å². The molecule has 1 spiro atoms. The van der Waals surface area contributed by atoms with Crippen molar-refractivity contribution in [3.8, 4) is 0 Å². The second-order valence-electron chi connectivity index (χ2n) is 10.7. The van der Waals surface area contributed by atoms with E-state index in [-0.39, 0.29) is 23.8 Å². The molecule has 178 valence electrons. The van der Waals surface area contributed by atoms with E-state index >= 15 is 0 Å². The maximum absolute atomic E-state index is 13.8. The maximum Gasteiger partial charge on any atom is 0.230 e. The number of carbonyl (C=O) groups is 1. The summed E-state index contributed by atoms with van der Waals surface area (Å²) in [6.45, 7) is 7.72. The Balaban J connectivity index is 1.87. The number of allylic oxidation sites excluding steroid dienone is 1. The maximum atomic E-state index is 13.8. The van der Waals surface area contributed by atoms with Crippen LogP contribution in [0.15, 0.2) is 65.8 Å². The predicted molar refractivity (Wildman–Crippen MR) is 129 cm³/mol. The smallest absolute Gasteiger partial charge is 0.230 e. The number of amides is 1. The summed E-state index contributed by atoms with van der Waals surface area (Å²) in [6, 6.07) is 9.83. The van der Waals surface area contributed by atoms with E-state index in [0.717, 1.165) is 23.1 Å². The summed E-state index contributed by atoms with van der Waals surface area (Å²) < 4.78 is 0. The Morgan fingerprint density at radius 3 is 2.48 bits per heavy atom. The molecule has 0 bridgehead atoms. The van der Waals surface area contributed by atoms with Gasteiger partial charge in [0, 0.05) is 17.9 Å². The number of hydrogen-bond donors (Lipinski definition) is 4. The van der Waals surface area contributed by atoms with Gasteiger partial charge in [0.25, 0.3) is 0 Å². The molecular weight excluding hydrogens is 414 g/mol. The summed E-state index contributed by atoms with van der Waals surface area (Å²) in [5.41, 5.74) is 0.591. The van der Waals surface area contributed by atoms with Gasteiger partial charge < -0.3 is 20.6 Å². The van der Waals surface area contributed by atoms with Gasteiger partial charge in [-0.3, -0.25) is 4.79 Å². The van der Waals surface area contributed by atoms with E-state index in [1.54, 1.807) is 19.1 Å². The Morgan fingerprint density at radius 1 is 1.09 bits per heavy atom. The van der Waals surface area contributed by atoms with E-state index in [0.29, 0.717) is 12.8 Å². The van der Waals surface area contributed by atoms with Crippen molar-refractivity contribution >= 4 is 5.91 Å². The molecule has 1 aromatic rings. The molecule has 3 aliphatic rings. The van der Waals surface area contributed by atoms with Crippen LogP contribution in [0.4, 0.5) is 0 Å². The first kappa shape index (κ1) is 23.9. The van der Waals surface area contributed by atoms with Crippen LogP contribution in [0, 0.1) is 23.2 Å². The quantitative estimate of drug-likeness (QED) is 0.520. The molecule has 1 amide bonds. The largest absolute Gasteiger partial charge is 0.388 e. The molecule has 5 nitrogen and oxygen atoms in total. The van der Waals surface area contributed by atoms with Gasteiger partial charge >= 0.3 is 0 Å². The molecule has 1 heterocycles. The second kappa shape index (κ2) is 8.86. The summed E-state index contributed by atoms with van der Waals surface area (Å²) >= 11 is 0. The van der Waals surface area contributed by atoms with E-state index in [9.17, 15) is 20.1 Å². The van der Waals surface area contributed by atoms with Crippen molar-refractivity contribution in [3.05, 3.63) is 71.3 Å². The fourth-order valence-electron chi connectivity index (χ4n) is 6.47. The first-order chi connectivity index (χ1) is 15.6. The van der Waals surface area contributed by atoms with Crippen LogP contribution < -0.4 is 5.32 Å². The number of hydrogen-bond acceptors (Lipinski definition) is 4. The Bertz CT molecular complexity index is 979. The van der Waals surface area contributed by atoms with Gasteiger partial charge in [0.1, 0.15) is 0 Å². The van der Waals surface area contributed by atoms with Crippen molar-refractivity contribution in [3.63, 3.8) is 0 Å². The van der Waals surface area contributed by atoms with Gasteiger partial charge in [0.05, 0.1) is 23.2 Å². The van der Waals surface area contributed by atoms with E-state index in [1.165, 1.54) is 0 Å². The number of rotatable bonds is 2. The molecule has 1 fully saturated rings. The zero-order valence-corrected chi connectivity index (χ0v) is 20.0.